The predicted octanol–water partition coefficient (Wildman–Crippen LogP) is 1.88. The Morgan fingerprint density at radius 2 is 2.32 bits per heavy atom. The van der Waals surface area contributed by atoms with Crippen LogP contribution < -0.4 is 5.32 Å². The molecule has 0 radical (unpaired) electrons. The number of rotatable bonds is 5. The zero-order valence-electron chi connectivity index (χ0n) is 11.2. The van der Waals surface area contributed by atoms with E-state index in [1.54, 1.807) is 0 Å². The van der Waals surface area contributed by atoms with E-state index >= 15 is 0 Å². The second-order valence-corrected chi connectivity index (χ2v) is 6.30. The summed E-state index contributed by atoms with van der Waals surface area (Å²) in [6, 6.07) is 0. The molecule has 0 aromatic carbocycles. The van der Waals surface area contributed by atoms with Gasteiger partial charge in [-0.15, -0.1) is 22.9 Å². The van der Waals surface area contributed by atoms with Gasteiger partial charge in [-0.25, -0.2) is 4.98 Å². The van der Waals surface area contributed by atoms with E-state index in [-0.39, 0.29) is 5.91 Å². The Bertz CT molecular complexity index is 416. The van der Waals surface area contributed by atoms with Crippen LogP contribution in [-0.4, -0.2) is 42.5 Å². The lowest BCUT2D eigenvalue weighted by Crippen LogP contribution is -2.37. The van der Waals surface area contributed by atoms with Crippen LogP contribution in [0.3, 0.4) is 0 Å². The van der Waals surface area contributed by atoms with E-state index < -0.39 is 0 Å². The van der Waals surface area contributed by atoms with Crippen LogP contribution in [0.2, 0.25) is 0 Å². The van der Waals surface area contributed by atoms with Gasteiger partial charge < -0.3 is 10.2 Å². The molecule has 0 saturated carbocycles. The van der Waals surface area contributed by atoms with Crippen molar-refractivity contribution in [2.24, 2.45) is 5.92 Å². The summed E-state index contributed by atoms with van der Waals surface area (Å²) in [4.78, 5) is 18.5. The lowest BCUT2D eigenvalue weighted by atomic mass is 9.97. The van der Waals surface area contributed by atoms with Gasteiger partial charge in [-0.1, -0.05) is 0 Å². The Hall–Kier alpha value is -0.650. The molecule has 0 atom stereocenters. The van der Waals surface area contributed by atoms with Gasteiger partial charge in [0.1, 0.15) is 5.01 Å². The Morgan fingerprint density at radius 3 is 2.95 bits per heavy atom. The van der Waals surface area contributed by atoms with Crippen molar-refractivity contribution in [1.82, 2.24) is 15.2 Å². The number of alkyl halides is 1. The summed E-state index contributed by atoms with van der Waals surface area (Å²) in [5.41, 5.74) is 0.852. The van der Waals surface area contributed by atoms with E-state index in [1.165, 1.54) is 24.2 Å². The highest BCUT2D eigenvalue weighted by atomic mass is 35.5. The molecule has 1 saturated heterocycles. The summed E-state index contributed by atoms with van der Waals surface area (Å²) in [5, 5.41) is 5.77. The number of carbonyl (C=O) groups is 1. The van der Waals surface area contributed by atoms with Crippen molar-refractivity contribution in [2.75, 3.05) is 26.7 Å². The van der Waals surface area contributed by atoms with Gasteiger partial charge in [-0.2, -0.15) is 0 Å². The first-order chi connectivity index (χ1) is 9.17. The molecule has 1 aliphatic heterocycles. The summed E-state index contributed by atoms with van der Waals surface area (Å²) >= 11 is 7.19. The summed E-state index contributed by atoms with van der Waals surface area (Å²) < 4.78 is 0. The van der Waals surface area contributed by atoms with Crippen LogP contribution in [0, 0.1) is 5.92 Å². The summed E-state index contributed by atoms with van der Waals surface area (Å²) in [5.74, 6) is 1.09. The van der Waals surface area contributed by atoms with Crippen molar-refractivity contribution in [2.45, 2.75) is 25.1 Å². The Morgan fingerprint density at radius 1 is 1.58 bits per heavy atom. The molecule has 4 nitrogen and oxygen atoms in total. The molecule has 1 aromatic heterocycles. The van der Waals surface area contributed by atoms with E-state index in [0.717, 1.165) is 30.3 Å². The number of nitrogens with zero attached hydrogens (tertiary/aromatic N) is 2. The van der Waals surface area contributed by atoms with E-state index in [4.69, 9.17) is 11.6 Å². The lowest BCUT2D eigenvalue weighted by molar-refractivity contribution is -0.120. The van der Waals surface area contributed by atoms with E-state index in [1.807, 2.05) is 5.38 Å². The number of aromatic nitrogens is 1. The van der Waals surface area contributed by atoms with Crippen molar-refractivity contribution in [1.29, 1.82) is 0 Å². The van der Waals surface area contributed by atoms with Gasteiger partial charge in [0.15, 0.2) is 0 Å². The molecule has 1 N–H and O–H groups in total. The van der Waals surface area contributed by atoms with Crippen LogP contribution >= 0.6 is 22.9 Å². The van der Waals surface area contributed by atoms with Crippen molar-refractivity contribution < 1.29 is 4.79 Å². The molecule has 0 aliphatic carbocycles. The van der Waals surface area contributed by atoms with Gasteiger partial charge in [0.05, 0.1) is 18.0 Å². The summed E-state index contributed by atoms with van der Waals surface area (Å²) in [6.45, 7) is 3.05. The highest BCUT2D eigenvalue weighted by molar-refractivity contribution is 7.09. The van der Waals surface area contributed by atoms with E-state index in [0.29, 0.717) is 18.2 Å². The Balaban J connectivity index is 1.69. The smallest absolute Gasteiger partial charge is 0.226 e. The summed E-state index contributed by atoms with van der Waals surface area (Å²) in [6.07, 6.45) is 2.71. The first-order valence-electron chi connectivity index (χ1n) is 6.62. The number of nitrogens with one attached hydrogen (secondary N) is 1. The van der Waals surface area contributed by atoms with Gasteiger partial charge >= 0.3 is 0 Å². The number of halogens is 1. The van der Waals surface area contributed by atoms with Crippen molar-refractivity contribution in [3.05, 3.63) is 16.1 Å². The number of hydrogen-bond donors (Lipinski definition) is 1. The molecule has 6 heteroatoms. The average molecular weight is 302 g/mol. The molecule has 0 bridgehead atoms. The van der Waals surface area contributed by atoms with Gasteiger partial charge in [0.2, 0.25) is 5.91 Å². The molecule has 1 aliphatic rings. The van der Waals surface area contributed by atoms with Crippen molar-refractivity contribution >= 4 is 28.8 Å². The average Bonchev–Trinajstić information content (AvgIpc) is 2.86. The minimum atomic E-state index is 0.0643. The fourth-order valence-electron chi connectivity index (χ4n) is 2.22. The molecule has 0 spiro atoms. The zero-order chi connectivity index (χ0) is 13.7. The highest BCUT2D eigenvalue weighted by Gasteiger charge is 2.17. The maximum atomic E-state index is 11.8. The van der Waals surface area contributed by atoms with Crippen LogP contribution in [0.15, 0.2) is 5.38 Å². The number of thiazole rings is 1. The Kier molecular flexibility index (Phi) is 5.60. The second-order valence-electron chi connectivity index (χ2n) is 5.09. The molecular weight excluding hydrogens is 282 g/mol. The molecule has 2 rings (SSSR count). The standard InChI is InChI=1S/C13H20ClN3OS/c1-17-4-2-10(3-5-17)8-15-12(18)6-13-16-11(7-14)9-19-13/h9-10H,2-8H2,1H3,(H,15,18). The number of carbonyl (C=O) groups excluding carboxylic acids is 1. The molecule has 1 fully saturated rings. The SMILES string of the molecule is CN1CCC(CNC(=O)Cc2nc(CCl)cs2)CC1. The third-order valence-corrected chi connectivity index (χ3v) is 4.65. The Labute approximate surface area is 123 Å². The van der Waals surface area contributed by atoms with Crippen LogP contribution in [0.25, 0.3) is 0 Å². The third-order valence-electron chi connectivity index (χ3n) is 3.47. The first-order valence-corrected chi connectivity index (χ1v) is 8.03. The maximum absolute atomic E-state index is 11.8. The van der Waals surface area contributed by atoms with Gasteiger partial charge in [0, 0.05) is 11.9 Å². The maximum Gasteiger partial charge on any atom is 0.226 e. The first kappa shape index (κ1) is 14.8. The number of piperidine rings is 1. The molecule has 19 heavy (non-hydrogen) atoms. The predicted molar refractivity (Wildman–Crippen MR) is 78.6 cm³/mol. The third kappa shape index (κ3) is 4.75. The number of hydrogen-bond acceptors (Lipinski definition) is 4. The van der Waals surface area contributed by atoms with Crippen LogP contribution in [0.5, 0.6) is 0 Å². The monoisotopic (exact) mass is 301 g/mol. The molecule has 1 aromatic rings. The molecule has 2 heterocycles. The fourth-order valence-corrected chi connectivity index (χ4v) is 3.24. The highest BCUT2D eigenvalue weighted by Crippen LogP contribution is 2.15. The zero-order valence-corrected chi connectivity index (χ0v) is 12.8. The summed E-state index contributed by atoms with van der Waals surface area (Å²) in [7, 11) is 2.14. The quantitative estimate of drug-likeness (QED) is 0.845. The van der Waals surface area contributed by atoms with E-state index in [9.17, 15) is 4.79 Å². The van der Waals surface area contributed by atoms with Crippen molar-refractivity contribution in [3.63, 3.8) is 0 Å². The fraction of sp³-hybridized carbons (Fsp3) is 0.692. The number of likely N-dealkylation sites (tertiary alicyclic amines) is 1. The van der Waals surface area contributed by atoms with Crippen LogP contribution in [-0.2, 0) is 17.1 Å². The minimum Gasteiger partial charge on any atom is -0.355 e. The van der Waals surface area contributed by atoms with Gasteiger partial charge in [-0.05, 0) is 38.9 Å². The largest absolute Gasteiger partial charge is 0.355 e. The molecule has 106 valence electrons. The second kappa shape index (κ2) is 7.22. The molecule has 1 amide bonds. The topological polar surface area (TPSA) is 45.2 Å². The number of amides is 1. The van der Waals surface area contributed by atoms with Gasteiger partial charge in [-0.3, -0.25) is 4.79 Å². The van der Waals surface area contributed by atoms with Gasteiger partial charge in [0.25, 0.3) is 0 Å². The molecular formula is C13H20ClN3OS. The van der Waals surface area contributed by atoms with Crippen LogP contribution in [0.1, 0.15) is 23.5 Å². The normalized spacial score (nSPS) is 17.6. The van der Waals surface area contributed by atoms with Crippen molar-refractivity contribution in [3.8, 4) is 0 Å². The minimum absolute atomic E-state index is 0.0643. The molecule has 0 unspecified atom stereocenters. The van der Waals surface area contributed by atoms with Crippen LogP contribution in [0.4, 0.5) is 0 Å². The lowest BCUT2D eigenvalue weighted by Gasteiger charge is -2.28. The van der Waals surface area contributed by atoms with E-state index in [2.05, 4.69) is 22.2 Å².